The lowest BCUT2D eigenvalue weighted by atomic mass is 9.97. The number of benzene rings is 2. The minimum absolute atomic E-state index is 0.848. The van der Waals surface area contributed by atoms with Crippen molar-refractivity contribution >= 4 is 22.1 Å². The Bertz CT molecular complexity index is 604. The van der Waals surface area contributed by atoms with Crippen molar-refractivity contribution in [1.82, 2.24) is 0 Å². The fraction of sp³-hybridized carbons (Fsp3) is 0.524. The smallest absolute Gasteiger partial charge is 0.0446 e. The highest BCUT2D eigenvalue weighted by Crippen LogP contribution is 2.31. The van der Waals surface area contributed by atoms with Gasteiger partial charge in [0, 0.05) is 16.8 Å². The number of fused-ring (bicyclic) bond motifs is 1. The van der Waals surface area contributed by atoms with Crippen molar-refractivity contribution < 1.29 is 0 Å². The van der Waals surface area contributed by atoms with Crippen LogP contribution in [-0.4, -0.2) is 0 Å². The van der Waals surface area contributed by atoms with E-state index in [1.54, 1.807) is 0 Å². The van der Waals surface area contributed by atoms with E-state index < -0.39 is 0 Å². The lowest BCUT2D eigenvalue weighted by Crippen LogP contribution is -2.01. The first-order valence-corrected chi connectivity index (χ1v) is 9.29. The molecule has 0 aromatic heterocycles. The highest BCUT2D eigenvalue weighted by atomic mass is 14.6. The molecular formula is C21H32N2. The second kappa shape index (κ2) is 9.44. The lowest BCUT2D eigenvalue weighted by Gasteiger charge is -2.12. The van der Waals surface area contributed by atoms with E-state index >= 15 is 0 Å². The third-order valence-corrected chi connectivity index (χ3v) is 4.77. The quantitative estimate of drug-likeness (QED) is 0.413. The van der Waals surface area contributed by atoms with E-state index in [1.807, 2.05) is 12.1 Å². The highest BCUT2D eigenvalue weighted by molar-refractivity contribution is 5.97. The molecule has 2 aromatic carbocycles. The Morgan fingerprint density at radius 2 is 1.39 bits per heavy atom. The predicted molar refractivity (Wildman–Crippen MR) is 104 cm³/mol. The van der Waals surface area contributed by atoms with Crippen LogP contribution in [0.5, 0.6) is 0 Å². The van der Waals surface area contributed by atoms with Crippen LogP contribution in [0.4, 0.5) is 11.4 Å². The molecule has 0 bridgehead atoms. The van der Waals surface area contributed by atoms with Crippen LogP contribution in [0, 0.1) is 0 Å². The lowest BCUT2D eigenvalue weighted by molar-refractivity contribution is 0.565. The Balaban J connectivity index is 1.77. The van der Waals surface area contributed by atoms with Gasteiger partial charge in [0.15, 0.2) is 0 Å². The van der Waals surface area contributed by atoms with Gasteiger partial charge in [0.25, 0.3) is 0 Å². The number of anilines is 2. The Morgan fingerprint density at radius 1 is 0.783 bits per heavy atom. The van der Waals surface area contributed by atoms with Gasteiger partial charge in [0.05, 0.1) is 0 Å². The Morgan fingerprint density at radius 3 is 2.09 bits per heavy atom. The van der Waals surface area contributed by atoms with Crippen LogP contribution in [0.25, 0.3) is 10.8 Å². The number of rotatable bonds is 10. The minimum Gasteiger partial charge on any atom is -0.398 e. The van der Waals surface area contributed by atoms with Gasteiger partial charge in [-0.3, -0.25) is 0 Å². The highest BCUT2D eigenvalue weighted by Gasteiger charge is 2.08. The monoisotopic (exact) mass is 312 g/mol. The summed E-state index contributed by atoms with van der Waals surface area (Å²) in [6.45, 7) is 2.27. The van der Waals surface area contributed by atoms with Crippen molar-refractivity contribution in [3.63, 3.8) is 0 Å². The van der Waals surface area contributed by atoms with Crippen LogP contribution < -0.4 is 11.5 Å². The fourth-order valence-electron chi connectivity index (χ4n) is 3.33. The van der Waals surface area contributed by atoms with Gasteiger partial charge in [-0.05, 0) is 29.9 Å². The van der Waals surface area contributed by atoms with Crippen LogP contribution in [0.3, 0.4) is 0 Å². The van der Waals surface area contributed by atoms with Crippen LogP contribution in [-0.2, 0) is 6.42 Å². The maximum absolute atomic E-state index is 6.35. The first-order valence-electron chi connectivity index (χ1n) is 9.29. The van der Waals surface area contributed by atoms with Crippen molar-refractivity contribution in [1.29, 1.82) is 0 Å². The van der Waals surface area contributed by atoms with E-state index in [1.165, 1.54) is 57.8 Å². The zero-order chi connectivity index (χ0) is 16.5. The van der Waals surface area contributed by atoms with E-state index in [4.69, 9.17) is 11.5 Å². The standard InChI is InChI=1S/C21H32N2/c1-2-3-4-5-6-7-8-9-10-15-19-20(22)16-17-13-11-12-14-18(17)21(19)23/h11-14,16H,2-10,15,22-23H2,1H3. The minimum atomic E-state index is 0.848. The molecule has 0 radical (unpaired) electrons. The van der Waals surface area contributed by atoms with Gasteiger partial charge in [-0.15, -0.1) is 0 Å². The first-order chi connectivity index (χ1) is 11.2. The Labute approximate surface area is 141 Å². The molecule has 2 nitrogen and oxygen atoms in total. The molecule has 0 saturated heterocycles. The van der Waals surface area contributed by atoms with E-state index in [-0.39, 0.29) is 0 Å². The molecule has 4 N–H and O–H groups in total. The topological polar surface area (TPSA) is 52.0 Å². The Hall–Kier alpha value is -1.70. The van der Waals surface area contributed by atoms with Gasteiger partial charge in [-0.1, -0.05) is 82.6 Å². The summed E-state index contributed by atoms with van der Waals surface area (Å²) in [5, 5.41) is 2.27. The summed E-state index contributed by atoms with van der Waals surface area (Å²) in [6.07, 6.45) is 13.1. The van der Waals surface area contributed by atoms with E-state index in [0.717, 1.165) is 34.1 Å². The molecule has 0 amide bonds. The maximum Gasteiger partial charge on any atom is 0.0446 e. The van der Waals surface area contributed by atoms with Crippen molar-refractivity contribution in [2.75, 3.05) is 11.5 Å². The summed E-state index contributed by atoms with van der Waals surface area (Å²) < 4.78 is 0. The average molecular weight is 313 g/mol. The van der Waals surface area contributed by atoms with Crippen LogP contribution in [0.1, 0.15) is 70.3 Å². The zero-order valence-electron chi connectivity index (χ0n) is 14.6. The SMILES string of the molecule is CCCCCCCCCCCc1c(N)cc2ccccc2c1N. The Kier molecular flexibility index (Phi) is 7.25. The largest absolute Gasteiger partial charge is 0.398 e. The first kappa shape index (κ1) is 17.7. The molecule has 126 valence electrons. The average Bonchev–Trinajstić information content (AvgIpc) is 2.56. The summed E-state index contributed by atoms with van der Waals surface area (Å²) in [5.74, 6) is 0. The van der Waals surface area contributed by atoms with Crippen LogP contribution >= 0.6 is 0 Å². The van der Waals surface area contributed by atoms with Crippen molar-refractivity contribution in [3.05, 3.63) is 35.9 Å². The van der Waals surface area contributed by atoms with Gasteiger partial charge in [0.2, 0.25) is 0 Å². The van der Waals surface area contributed by atoms with Gasteiger partial charge in [-0.2, -0.15) is 0 Å². The fourth-order valence-corrected chi connectivity index (χ4v) is 3.33. The normalized spacial score (nSPS) is 11.2. The van der Waals surface area contributed by atoms with Crippen LogP contribution in [0.2, 0.25) is 0 Å². The van der Waals surface area contributed by atoms with Crippen molar-refractivity contribution in [2.45, 2.75) is 71.1 Å². The summed E-state index contributed by atoms with van der Waals surface area (Å²) >= 11 is 0. The van der Waals surface area contributed by atoms with Gasteiger partial charge in [0.1, 0.15) is 0 Å². The zero-order valence-corrected chi connectivity index (χ0v) is 14.6. The molecule has 0 heterocycles. The number of hydrogen-bond donors (Lipinski definition) is 2. The molecule has 0 fully saturated rings. The van der Waals surface area contributed by atoms with Gasteiger partial charge < -0.3 is 11.5 Å². The molecule has 2 rings (SSSR count). The maximum atomic E-state index is 6.35. The molecule has 0 spiro atoms. The molecule has 23 heavy (non-hydrogen) atoms. The molecule has 0 aliphatic heterocycles. The van der Waals surface area contributed by atoms with Gasteiger partial charge in [-0.25, -0.2) is 0 Å². The number of nitrogens with two attached hydrogens (primary N) is 2. The van der Waals surface area contributed by atoms with Crippen LogP contribution in [0.15, 0.2) is 30.3 Å². The second-order valence-corrected chi connectivity index (χ2v) is 6.66. The molecule has 0 aliphatic carbocycles. The van der Waals surface area contributed by atoms with Crippen molar-refractivity contribution in [2.24, 2.45) is 0 Å². The summed E-state index contributed by atoms with van der Waals surface area (Å²) in [5.41, 5.74) is 15.4. The summed E-state index contributed by atoms with van der Waals surface area (Å²) in [7, 11) is 0. The van der Waals surface area contributed by atoms with E-state index in [9.17, 15) is 0 Å². The summed E-state index contributed by atoms with van der Waals surface area (Å²) in [4.78, 5) is 0. The third kappa shape index (κ3) is 5.16. The van der Waals surface area contributed by atoms with Crippen molar-refractivity contribution in [3.8, 4) is 0 Å². The number of unbranched alkanes of at least 4 members (excludes halogenated alkanes) is 8. The molecule has 0 unspecified atom stereocenters. The molecule has 2 heteroatoms. The molecule has 0 atom stereocenters. The molecule has 0 saturated carbocycles. The number of nitrogen functional groups attached to an aromatic ring is 2. The van der Waals surface area contributed by atoms with E-state index in [2.05, 4.69) is 25.1 Å². The predicted octanol–water partition coefficient (Wildman–Crippen LogP) is 6.08. The number of hydrogen-bond acceptors (Lipinski definition) is 2. The van der Waals surface area contributed by atoms with E-state index in [0.29, 0.717) is 0 Å². The molecule has 2 aromatic rings. The summed E-state index contributed by atoms with van der Waals surface area (Å²) in [6, 6.07) is 10.3. The second-order valence-electron chi connectivity index (χ2n) is 6.66. The molecular weight excluding hydrogens is 280 g/mol. The van der Waals surface area contributed by atoms with Gasteiger partial charge >= 0.3 is 0 Å². The third-order valence-electron chi connectivity index (χ3n) is 4.77. The molecule has 0 aliphatic rings.